The Morgan fingerprint density at radius 3 is 2.71 bits per heavy atom. The molecule has 35 heavy (non-hydrogen) atoms. The van der Waals surface area contributed by atoms with Crippen LogP contribution in [0.2, 0.25) is 0 Å². The minimum Gasteiger partial charge on any atom is -0.386 e. The normalized spacial score (nSPS) is 15.7. The number of amides is 1. The lowest BCUT2D eigenvalue weighted by atomic mass is 9.90. The molecular formula is C28H32FN5O. The fraction of sp³-hybridized carbons (Fsp3) is 0.357. The fourth-order valence-corrected chi connectivity index (χ4v) is 5.04. The van der Waals surface area contributed by atoms with E-state index < -0.39 is 5.82 Å². The summed E-state index contributed by atoms with van der Waals surface area (Å²) in [6, 6.07) is 10.5. The highest BCUT2D eigenvalue weighted by molar-refractivity contribution is 5.98. The van der Waals surface area contributed by atoms with Crippen molar-refractivity contribution in [2.75, 3.05) is 31.6 Å². The Labute approximate surface area is 205 Å². The van der Waals surface area contributed by atoms with Crippen LogP contribution in [0.4, 0.5) is 10.2 Å². The van der Waals surface area contributed by atoms with Gasteiger partial charge < -0.3 is 19.7 Å². The van der Waals surface area contributed by atoms with Gasteiger partial charge in [-0.15, -0.1) is 0 Å². The maximum Gasteiger partial charge on any atom is 0.256 e. The van der Waals surface area contributed by atoms with Crippen LogP contribution in [0, 0.1) is 5.82 Å². The van der Waals surface area contributed by atoms with Crippen molar-refractivity contribution in [3.05, 3.63) is 76.3 Å². The minimum absolute atomic E-state index is 0.0126. The topological polar surface area (TPSA) is 53.4 Å². The molecule has 0 radical (unpaired) electrons. The van der Waals surface area contributed by atoms with Crippen LogP contribution < -0.4 is 20.8 Å². The first-order valence-electron chi connectivity index (χ1n) is 12.3. The number of nitrogens with zero attached hydrogens (tertiary/aromatic N) is 4. The Kier molecular flexibility index (Phi) is 6.32. The zero-order valence-corrected chi connectivity index (χ0v) is 20.5. The summed E-state index contributed by atoms with van der Waals surface area (Å²) in [6.07, 6.45) is 10.3. The Morgan fingerprint density at radius 2 is 2.00 bits per heavy atom. The van der Waals surface area contributed by atoms with E-state index in [1.807, 2.05) is 38.4 Å². The van der Waals surface area contributed by atoms with Crippen LogP contribution in [0.15, 0.2) is 48.8 Å². The van der Waals surface area contributed by atoms with Gasteiger partial charge in [-0.1, -0.05) is 12.1 Å². The standard InChI is InChI=1S/C28H32FN5O/c1-19(2)32(3)28(35)23-16-21(29)7-8-25(23)34-18-24(22-9-13-30-17-26(22)34)20-10-14-33(15-11-20)27-6-4-5-12-31-27/h4-9,12,16-20,30H,10-11,13-15H2,1-3H3. The van der Waals surface area contributed by atoms with Crippen molar-refractivity contribution in [3.63, 3.8) is 0 Å². The average Bonchev–Trinajstić information content (AvgIpc) is 3.28. The maximum absolute atomic E-state index is 14.3. The third-order valence-corrected chi connectivity index (χ3v) is 7.23. The van der Waals surface area contributed by atoms with Crippen LogP contribution in [0.25, 0.3) is 18.0 Å². The molecule has 0 spiro atoms. The summed E-state index contributed by atoms with van der Waals surface area (Å²) in [5.74, 6) is 0.838. The van der Waals surface area contributed by atoms with Crippen LogP contribution in [-0.4, -0.2) is 53.1 Å². The van der Waals surface area contributed by atoms with E-state index in [1.165, 1.54) is 22.9 Å². The van der Waals surface area contributed by atoms with E-state index in [2.05, 4.69) is 38.1 Å². The van der Waals surface area contributed by atoms with E-state index >= 15 is 0 Å². The van der Waals surface area contributed by atoms with Gasteiger partial charge in [0, 0.05) is 56.5 Å². The summed E-state index contributed by atoms with van der Waals surface area (Å²) < 4.78 is 16.3. The van der Waals surface area contributed by atoms with Gasteiger partial charge in [0.1, 0.15) is 11.6 Å². The van der Waals surface area contributed by atoms with Gasteiger partial charge in [0.05, 0.1) is 16.6 Å². The van der Waals surface area contributed by atoms with E-state index in [1.54, 1.807) is 18.0 Å². The molecule has 4 heterocycles. The zero-order chi connectivity index (χ0) is 24.5. The molecule has 0 aliphatic carbocycles. The highest BCUT2D eigenvalue weighted by atomic mass is 19.1. The number of rotatable bonds is 5. The van der Waals surface area contributed by atoms with Gasteiger partial charge in [-0.3, -0.25) is 4.79 Å². The second-order valence-electron chi connectivity index (χ2n) is 9.63. The first kappa shape index (κ1) is 23.1. The molecule has 1 aromatic carbocycles. The molecule has 1 N–H and O–H groups in total. The molecule has 2 aliphatic rings. The number of nitrogens with one attached hydrogen (secondary N) is 1. The van der Waals surface area contributed by atoms with Crippen molar-refractivity contribution < 1.29 is 9.18 Å². The second kappa shape index (κ2) is 9.56. The molecule has 1 saturated heterocycles. The summed E-state index contributed by atoms with van der Waals surface area (Å²) in [5, 5.41) is 5.52. The molecule has 7 heteroatoms. The van der Waals surface area contributed by atoms with E-state index in [0.29, 0.717) is 17.2 Å². The Hall–Kier alpha value is -3.61. The summed E-state index contributed by atoms with van der Waals surface area (Å²) in [4.78, 5) is 21.8. The molecule has 182 valence electrons. The van der Waals surface area contributed by atoms with Crippen LogP contribution in [0.3, 0.4) is 0 Å². The largest absolute Gasteiger partial charge is 0.386 e. The fourth-order valence-electron chi connectivity index (χ4n) is 5.04. The third kappa shape index (κ3) is 4.43. The molecule has 0 saturated carbocycles. The smallest absolute Gasteiger partial charge is 0.256 e. The number of hydrogen-bond donors (Lipinski definition) is 1. The Balaban J connectivity index is 1.52. The lowest BCUT2D eigenvalue weighted by molar-refractivity contribution is 0.0754. The minimum atomic E-state index is -0.411. The number of aromatic nitrogens is 2. The molecule has 1 amide bonds. The number of halogens is 1. The molecular weight excluding hydrogens is 441 g/mol. The van der Waals surface area contributed by atoms with Crippen LogP contribution in [0.5, 0.6) is 0 Å². The lowest BCUT2D eigenvalue weighted by Gasteiger charge is -2.32. The van der Waals surface area contributed by atoms with Crippen molar-refractivity contribution in [1.82, 2.24) is 19.8 Å². The summed E-state index contributed by atoms with van der Waals surface area (Å²) >= 11 is 0. The lowest BCUT2D eigenvalue weighted by Crippen LogP contribution is -2.39. The summed E-state index contributed by atoms with van der Waals surface area (Å²) in [7, 11) is 1.76. The molecule has 0 atom stereocenters. The van der Waals surface area contributed by atoms with Crippen LogP contribution >= 0.6 is 0 Å². The van der Waals surface area contributed by atoms with E-state index in [4.69, 9.17) is 0 Å². The molecule has 5 rings (SSSR count). The molecule has 2 aliphatic heterocycles. The zero-order valence-electron chi connectivity index (χ0n) is 20.5. The monoisotopic (exact) mass is 473 g/mol. The van der Waals surface area contributed by atoms with Gasteiger partial charge in [-0.05, 0) is 68.5 Å². The molecule has 6 nitrogen and oxygen atoms in total. The van der Waals surface area contributed by atoms with Gasteiger partial charge in [-0.2, -0.15) is 0 Å². The predicted molar refractivity (Wildman–Crippen MR) is 138 cm³/mol. The number of piperidine rings is 1. The van der Waals surface area contributed by atoms with Gasteiger partial charge in [0.15, 0.2) is 0 Å². The third-order valence-electron chi connectivity index (χ3n) is 7.23. The Bertz CT molecular complexity index is 1340. The highest BCUT2D eigenvalue weighted by Crippen LogP contribution is 2.29. The second-order valence-corrected chi connectivity index (χ2v) is 9.63. The molecule has 0 bridgehead atoms. The average molecular weight is 474 g/mol. The number of carbonyl (C=O) groups is 1. The van der Waals surface area contributed by atoms with Crippen molar-refractivity contribution in [3.8, 4) is 5.69 Å². The maximum atomic E-state index is 14.3. The van der Waals surface area contributed by atoms with Crippen LogP contribution in [-0.2, 0) is 0 Å². The van der Waals surface area contributed by atoms with Crippen LogP contribution in [0.1, 0.15) is 48.5 Å². The van der Waals surface area contributed by atoms with Crippen molar-refractivity contribution in [1.29, 1.82) is 0 Å². The number of fused-ring (bicyclic) bond motifs is 1. The highest BCUT2D eigenvalue weighted by Gasteiger charge is 2.26. The van der Waals surface area contributed by atoms with E-state index in [-0.39, 0.29) is 11.9 Å². The Morgan fingerprint density at radius 1 is 1.20 bits per heavy atom. The SMILES string of the molecule is CC(C)N(C)C(=O)c1cc(F)ccc1-n1cc(C2CCN(c3ccccn3)CC2)c2c1=CNCC=2. The number of hydrogen-bond acceptors (Lipinski definition) is 4. The summed E-state index contributed by atoms with van der Waals surface area (Å²) in [5.41, 5.74) is 2.36. The van der Waals surface area contributed by atoms with E-state index in [0.717, 1.165) is 43.6 Å². The van der Waals surface area contributed by atoms with Gasteiger partial charge >= 0.3 is 0 Å². The quantitative estimate of drug-likeness (QED) is 0.619. The molecule has 0 unspecified atom stereocenters. The first-order valence-corrected chi connectivity index (χ1v) is 12.3. The van der Waals surface area contributed by atoms with Gasteiger partial charge in [-0.25, -0.2) is 9.37 Å². The van der Waals surface area contributed by atoms with Crippen molar-refractivity contribution in [2.45, 2.75) is 38.6 Å². The molecule has 1 fully saturated rings. The van der Waals surface area contributed by atoms with Gasteiger partial charge in [0.2, 0.25) is 0 Å². The van der Waals surface area contributed by atoms with Gasteiger partial charge in [0.25, 0.3) is 5.91 Å². The van der Waals surface area contributed by atoms with Crippen molar-refractivity contribution in [2.24, 2.45) is 0 Å². The summed E-state index contributed by atoms with van der Waals surface area (Å²) in [6.45, 7) is 6.57. The molecule has 2 aromatic heterocycles. The number of carbonyl (C=O) groups excluding carboxylic acids is 1. The number of pyridine rings is 1. The van der Waals surface area contributed by atoms with E-state index in [9.17, 15) is 9.18 Å². The number of benzene rings is 1. The van der Waals surface area contributed by atoms with Crippen molar-refractivity contribution >= 4 is 24.0 Å². The molecule has 3 aromatic rings. The number of anilines is 1. The predicted octanol–water partition coefficient (Wildman–Crippen LogP) is 3.00. The first-order chi connectivity index (χ1) is 16.9.